The van der Waals surface area contributed by atoms with E-state index in [1.165, 1.54) is 12.1 Å². The summed E-state index contributed by atoms with van der Waals surface area (Å²) in [6.07, 6.45) is 0. The number of halogens is 1. The molecular weight excluding hydrogens is 299 g/mol. The lowest BCUT2D eigenvalue weighted by molar-refractivity contribution is 0.102. The lowest BCUT2D eigenvalue weighted by Gasteiger charge is -2.27. The molecule has 0 atom stereocenters. The highest BCUT2D eigenvalue weighted by Crippen LogP contribution is 2.16. The van der Waals surface area contributed by atoms with Gasteiger partial charge in [0.2, 0.25) is 5.95 Å². The molecule has 1 fully saturated rings. The Labute approximate surface area is 133 Å². The van der Waals surface area contributed by atoms with Crippen molar-refractivity contribution in [3.05, 3.63) is 47.5 Å². The first-order valence-corrected chi connectivity index (χ1v) is 7.38. The predicted octanol–water partition coefficient (Wildman–Crippen LogP) is 2.01. The highest BCUT2D eigenvalue weighted by Gasteiger charge is 2.18. The van der Waals surface area contributed by atoms with Crippen molar-refractivity contribution in [1.82, 2.24) is 9.97 Å². The third-order valence-corrected chi connectivity index (χ3v) is 3.49. The van der Waals surface area contributed by atoms with Crippen LogP contribution in [0.25, 0.3) is 0 Å². The zero-order valence-corrected chi connectivity index (χ0v) is 12.8. The van der Waals surface area contributed by atoms with Crippen LogP contribution in [0.4, 0.5) is 16.0 Å². The predicted molar refractivity (Wildman–Crippen MR) is 84.2 cm³/mol. The van der Waals surface area contributed by atoms with Crippen molar-refractivity contribution in [2.75, 3.05) is 36.5 Å². The van der Waals surface area contributed by atoms with Crippen molar-refractivity contribution in [2.24, 2.45) is 0 Å². The maximum Gasteiger partial charge on any atom is 0.274 e. The lowest BCUT2D eigenvalue weighted by Crippen LogP contribution is -2.37. The highest BCUT2D eigenvalue weighted by atomic mass is 19.1. The summed E-state index contributed by atoms with van der Waals surface area (Å²) in [5, 5.41) is 2.54. The number of morpholine rings is 1. The van der Waals surface area contributed by atoms with Gasteiger partial charge in [-0.1, -0.05) is 12.1 Å². The Bertz CT molecular complexity index is 717. The maximum absolute atomic E-state index is 13.6. The summed E-state index contributed by atoms with van der Waals surface area (Å²) in [4.78, 5) is 23.0. The number of anilines is 2. The Morgan fingerprint density at radius 3 is 2.74 bits per heavy atom. The summed E-state index contributed by atoms with van der Waals surface area (Å²) < 4.78 is 18.9. The van der Waals surface area contributed by atoms with E-state index in [2.05, 4.69) is 15.3 Å². The quantitative estimate of drug-likeness (QED) is 0.938. The number of benzene rings is 1. The molecule has 0 radical (unpaired) electrons. The van der Waals surface area contributed by atoms with Crippen molar-refractivity contribution in [3.63, 3.8) is 0 Å². The Hall–Kier alpha value is -2.54. The molecule has 2 heterocycles. The Morgan fingerprint density at radius 2 is 2.00 bits per heavy atom. The Balaban J connectivity index is 1.83. The van der Waals surface area contributed by atoms with Gasteiger partial charge in [-0.25, -0.2) is 14.4 Å². The molecule has 3 rings (SSSR count). The molecule has 0 bridgehead atoms. The standard InChI is InChI=1S/C16H17FN4O2/c1-11-10-14(15(22)19-13-5-3-2-4-12(13)17)20-16(18-11)21-6-8-23-9-7-21/h2-5,10H,6-9H2,1H3,(H,19,22). The molecule has 0 saturated carbocycles. The monoisotopic (exact) mass is 316 g/mol. The molecule has 1 aromatic carbocycles. The fraction of sp³-hybridized carbons (Fsp3) is 0.312. The number of amides is 1. The van der Waals surface area contributed by atoms with Crippen LogP contribution in [-0.4, -0.2) is 42.2 Å². The SMILES string of the molecule is Cc1cc(C(=O)Nc2ccccc2F)nc(N2CCOCC2)n1. The number of para-hydroxylation sites is 1. The number of carbonyl (C=O) groups is 1. The van der Waals surface area contributed by atoms with E-state index < -0.39 is 11.7 Å². The van der Waals surface area contributed by atoms with Gasteiger partial charge in [0.05, 0.1) is 18.9 Å². The van der Waals surface area contributed by atoms with E-state index in [1.54, 1.807) is 25.1 Å². The minimum atomic E-state index is -0.486. The Morgan fingerprint density at radius 1 is 1.26 bits per heavy atom. The molecule has 1 aromatic heterocycles. The molecule has 120 valence electrons. The number of carbonyl (C=O) groups excluding carboxylic acids is 1. The average Bonchev–Trinajstić information content (AvgIpc) is 2.57. The van der Waals surface area contributed by atoms with Crippen molar-refractivity contribution in [1.29, 1.82) is 0 Å². The van der Waals surface area contributed by atoms with Gasteiger partial charge in [0.1, 0.15) is 11.5 Å². The maximum atomic E-state index is 13.6. The summed E-state index contributed by atoms with van der Waals surface area (Å²) in [7, 11) is 0. The summed E-state index contributed by atoms with van der Waals surface area (Å²) >= 11 is 0. The molecule has 0 spiro atoms. The van der Waals surface area contributed by atoms with E-state index in [9.17, 15) is 9.18 Å². The molecule has 1 aliphatic heterocycles. The fourth-order valence-electron chi connectivity index (χ4n) is 2.32. The molecule has 1 N–H and O–H groups in total. The fourth-order valence-corrected chi connectivity index (χ4v) is 2.32. The van der Waals surface area contributed by atoms with Gasteiger partial charge in [-0.15, -0.1) is 0 Å². The average molecular weight is 316 g/mol. The number of aryl methyl sites for hydroxylation is 1. The third-order valence-electron chi connectivity index (χ3n) is 3.49. The minimum absolute atomic E-state index is 0.127. The van der Waals surface area contributed by atoms with Crippen molar-refractivity contribution in [2.45, 2.75) is 6.92 Å². The largest absolute Gasteiger partial charge is 0.378 e. The molecule has 2 aromatic rings. The van der Waals surface area contributed by atoms with Crippen molar-refractivity contribution < 1.29 is 13.9 Å². The second kappa shape index (κ2) is 6.70. The number of nitrogens with one attached hydrogen (secondary N) is 1. The second-order valence-electron chi connectivity index (χ2n) is 5.23. The topological polar surface area (TPSA) is 67.4 Å². The van der Waals surface area contributed by atoms with Crippen molar-refractivity contribution >= 4 is 17.5 Å². The molecule has 7 heteroatoms. The number of aromatic nitrogens is 2. The first kappa shape index (κ1) is 15.4. The number of ether oxygens (including phenoxy) is 1. The molecular formula is C16H17FN4O2. The highest BCUT2D eigenvalue weighted by molar-refractivity contribution is 6.03. The van der Waals surface area contributed by atoms with Crippen molar-refractivity contribution in [3.8, 4) is 0 Å². The van der Waals surface area contributed by atoms with Crippen LogP contribution in [0.15, 0.2) is 30.3 Å². The zero-order valence-electron chi connectivity index (χ0n) is 12.8. The summed E-state index contributed by atoms with van der Waals surface area (Å²) in [5.41, 5.74) is 1.02. The van der Waals surface area contributed by atoms with E-state index in [0.29, 0.717) is 37.9 Å². The molecule has 6 nitrogen and oxygen atoms in total. The lowest BCUT2D eigenvalue weighted by atomic mass is 10.2. The number of hydrogen-bond donors (Lipinski definition) is 1. The van der Waals surface area contributed by atoms with Gasteiger partial charge in [-0.3, -0.25) is 4.79 Å². The molecule has 1 saturated heterocycles. The van der Waals surface area contributed by atoms with E-state index in [4.69, 9.17) is 4.74 Å². The van der Waals surface area contributed by atoms with E-state index in [1.807, 2.05) is 4.90 Å². The first-order chi connectivity index (χ1) is 11.1. The van der Waals surface area contributed by atoms with Gasteiger partial charge < -0.3 is 15.0 Å². The third kappa shape index (κ3) is 3.62. The van der Waals surface area contributed by atoms with Crippen LogP contribution >= 0.6 is 0 Å². The molecule has 0 unspecified atom stereocenters. The smallest absolute Gasteiger partial charge is 0.274 e. The first-order valence-electron chi connectivity index (χ1n) is 7.38. The van der Waals surface area contributed by atoms with Crippen LogP contribution in [0, 0.1) is 12.7 Å². The molecule has 1 aliphatic rings. The van der Waals surface area contributed by atoms with Gasteiger partial charge >= 0.3 is 0 Å². The van der Waals surface area contributed by atoms with Gasteiger partial charge in [0.15, 0.2) is 0 Å². The number of hydrogen-bond acceptors (Lipinski definition) is 5. The number of nitrogens with zero attached hydrogens (tertiary/aromatic N) is 3. The minimum Gasteiger partial charge on any atom is -0.378 e. The molecule has 0 aliphatic carbocycles. The normalized spacial score (nSPS) is 14.6. The van der Waals surface area contributed by atoms with Crippen LogP contribution in [-0.2, 0) is 4.74 Å². The van der Waals surface area contributed by atoms with Gasteiger partial charge in [0.25, 0.3) is 5.91 Å². The van der Waals surface area contributed by atoms with Crippen LogP contribution in [0.1, 0.15) is 16.2 Å². The van der Waals surface area contributed by atoms with Crippen LogP contribution in [0.3, 0.4) is 0 Å². The van der Waals surface area contributed by atoms with E-state index in [-0.39, 0.29) is 11.4 Å². The summed E-state index contributed by atoms with van der Waals surface area (Å²) in [6.45, 7) is 4.36. The van der Waals surface area contributed by atoms with Gasteiger partial charge in [0, 0.05) is 18.8 Å². The second-order valence-corrected chi connectivity index (χ2v) is 5.23. The Kier molecular flexibility index (Phi) is 4.47. The van der Waals surface area contributed by atoms with Crippen LogP contribution in [0.2, 0.25) is 0 Å². The summed E-state index contributed by atoms with van der Waals surface area (Å²) in [5.74, 6) is -0.456. The number of rotatable bonds is 3. The summed E-state index contributed by atoms with van der Waals surface area (Å²) in [6, 6.07) is 7.60. The molecule has 1 amide bonds. The molecule has 23 heavy (non-hydrogen) atoms. The van der Waals surface area contributed by atoms with Crippen LogP contribution < -0.4 is 10.2 Å². The van der Waals surface area contributed by atoms with Crippen LogP contribution in [0.5, 0.6) is 0 Å². The zero-order chi connectivity index (χ0) is 16.2. The van der Waals surface area contributed by atoms with E-state index >= 15 is 0 Å². The van der Waals surface area contributed by atoms with Gasteiger partial charge in [-0.05, 0) is 25.1 Å². The van der Waals surface area contributed by atoms with Gasteiger partial charge in [-0.2, -0.15) is 0 Å². The van der Waals surface area contributed by atoms with E-state index in [0.717, 1.165) is 0 Å².